The minimum absolute atomic E-state index is 0.0406. The zero-order valence-electron chi connectivity index (χ0n) is 9.64. The standard InChI is InChI=1S/C10H14BrNO3S2/c1-7-5-9(16-10(7)11)17(13,14)12(2)8-3-4-15-6-8/h5,8H,3-4,6H2,1-2H3. The summed E-state index contributed by atoms with van der Waals surface area (Å²) in [4.78, 5) is 0. The Kier molecular flexibility index (Phi) is 3.94. The summed E-state index contributed by atoms with van der Waals surface area (Å²) < 4.78 is 32.6. The smallest absolute Gasteiger partial charge is 0.252 e. The summed E-state index contributed by atoms with van der Waals surface area (Å²) in [5.74, 6) is 0. The Hall–Kier alpha value is 0.0500. The Morgan fingerprint density at radius 2 is 2.29 bits per heavy atom. The molecular formula is C10H14BrNO3S2. The monoisotopic (exact) mass is 339 g/mol. The van der Waals surface area contributed by atoms with Gasteiger partial charge in [-0.15, -0.1) is 11.3 Å². The Balaban J connectivity index is 2.29. The number of nitrogens with zero attached hydrogens (tertiary/aromatic N) is 1. The van der Waals surface area contributed by atoms with Gasteiger partial charge in [0.1, 0.15) is 4.21 Å². The van der Waals surface area contributed by atoms with Crippen molar-refractivity contribution < 1.29 is 13.2 Å². The number of ether oxygens (including phenoxy) is 1. The van der Waals surface area contributed by atoms with E-state index in [1.165, 1.54) is 15.6 Å². The Morgan fingerprint density at radius 1 is 1.59 bits per heavy atom. The summed E-state index contributed by atoms with van der Waals surface area (Å²) in [6.45, 7) is 3.01. The van der Waals surface area contributed by atoms with Crippen molar-refractivity contribution in [1.29, 1.82) is 0 Å². The van der Waals surface area contributed by atoms with E-state index in [1.807, 2.05) is 6.92 Å². The third-order valence-corrected chi connectivity index (χ3v) is 7.38. The zero-order chi connectivity index (χ0) is 12.6. The van der Waals surface area contributed by atoms with Gasteiger partial charge in [-0.25, -0.2) is 8.42 Å². The molecule has 0 radical (unpaired) electrons. The molecule has 1 aromatic heterocycles. The van der Waals surface area contributed by atoms with E-state index in [1.54, 1.807) is 13.1 Å². The second kappa shape index (κ2) is 4.97. The van der Waals surface area contributed by atoms with Gasteiger partial charge in [0.15, 0.2) is 0 Å². The summed E-state index contributed by atoms with van der Waals surface area (Å²) >= 11 is 4.61. The van der Waals surface area contributed by atoms with E-state index >= 15 is 0 Å². The molecule has 17 heavy (non-hydrogen) atoms. The van der Waals surface area contributed by atoms with Crippen LogP contribution in [0, 0.1) is 6.92 Å². The van der Waals surface area contributed by atoms with Gasteiger partial charge in [0, 0.05) is 13.7 Å². The molecule has 0 aliphatic carbocycles. The van der Waals surface area contributed by atoms with E-state index in [9.17, 15) is 8.42 Å². The van der Waals surface area contributed by atoms with Crippen molar-refractivity contribution >= 4 is 37.3 Å². The largest absolute Gasteiger partial charge is 0.380 e. The molecular weight excluding hydrogens is 326 g/mol. The number of aryl methyl sites for hydroxylation is 1. The predicted octanol–water partition coefficient (Wildman–Crippen LogP) is 2.23. The van der Waals surface area contributed by atoms with Crippen LogP contribution in [0.3, 0.4) is 0 Å². The number of rotatable bonds is 3. The molecule has 1 aromatic rings. The van der Waals surface area contributed by atoms with Gasteiger partial charge < -0.3 is 4.74 Å². The molecule has 0 spiro atoms. The lowest BCUT2D eigenvalue weighted by Gasteiger charge is -2.21. The highest BCUT2D eigenvalue weighted by atomic mass is 79.9. The SMILES string of the molecule is Cc1cc(S(=O)(=O)N(C)C2CCOC2)sc1Br. The molecule has 0 aromatic carbocycles. The van der Waals surface area contributed by atoms with Gasteiger partial charge in [-0.3, -0.25) is 0 Å². The van der Waals surface area contributed by atoms with Crippen LogP contribution in [0.15, 0.2) is 14.1 Å². The van der Waals surface area contributed by atoms with E-state index in [0.717, 1.165) is 15.8 Å². The Bertz CT molecular complexity index is 486. The van der Waals surface area contributed by atoms with Gasteiger partial charge >= 0.3 is 0 Å². The molecule has 0 amide bonds. The lowest BCUT2D eigenvalue weighted by Crippen LogP contribution is -2.36. The summed E-state index contributed by atoms with van der Waals surface area (Å²) in [6, 6.07) is 1.66. The molecule has 4 nitrogen and oxygen atoms in total. The van der Waals surface area contributed by atoms with Crippen molar-refractivity contribution in [2.24, 2.45) is 0 Å². The van der Waals surface area contributed by atoms with E-state index in [-0.39, 0.29) is 6.04 Å². The van der Waals surface area contributed by atoms with E-state index in [2.05, 4.69) is 15.9 Å². The number of sulfonamides is 1. The molecule has 1 atom stereocenters. The van der Waals surface area contributed by atoms with Crippen LogP contribution < -0.4 is 0 Å². The molecule has 2 rings (SSSR count). The number of hydrogen-bond acceptors (Lipinski definition) is 4. The Labute approximate surface area is 114 Å². The van der Waals surface area contributed by atoms with Crippen molar-refractivity contribution in [2.75, 3.05) is 20.3 Å². The van der Waals surface area contributed by atoms with Crippen molar-refractivity contribution in [3.63, 3.8) is 0 Å². The van der Waals surface area contributed by atoms with E-state index in [4.69, 9.17) is 4.74 Å². The first-order valence-electron chi connectivity index (χ1n) is 5.24. The predicted molar refractivity (Wildman–Crippen MR) is 70.9 cm³/mol. The van der Waals surface area contributed by atoms with Crippen LogP contribution in [-0.4, -0.2) is 39.0 Å². The normalized spacial score (nSPS) is 21.3. The van der Waals surface area contributed by atoms with E-state index < -0.39 is 10.0 Å². The van der Waals surface area contributed by atoms with E-state index in [0.29, 0.717) is 17.4 Å². The molecule has 7 heteroatoms. The third-order valence-electron chi connectivity index (χ3n) is 2.89. The maximum Gasteiger partial charge on any atom is 0.252 e. The first-order chi connectivity index (χ1) is 7.93. The number of thiophene rings is 1. The second-order valence-corrected chi connectivity index (χ2v) is 8.66. The van der Waals surface area contributed by atoms with Crippen molar-refractivity contribution in [3.05, 3.63) is 15.4 Å². The zero-order valence-corrected chi connectivity index (χ0v) is 12.9. The average Bonchev–Trinajstić information content (AvgIpc) is 2.88. The fraction of sp³-hybridized carbons (Fsp3) is 0.600. The van der Waals surface area contributed by atoms with Crippen LogP contribution in [-0.2, 0) is 14.8 Å². The fourth-order valence-corrected chi connectivity index (χ4v) is 5.49. The minimum Gasteiger partial charge on any atom is -0.380 e. The van der Waals surface area contributed by atoms with Crippen molar-refractivity contribution in [2.45, 2.75) is 23.6 Å². The lowest BCUT2D eigenvalue weighted by molar-refractivity contribution is 0.181. The van der Waals surface area contributed by atoms with Crippen molar-refractivity contribution in [3.8, 4) is 0 Å². The first kappa shape index (κ1) is 13.5. The van der Waals surface area contributed by atoms with Gasteiger partial charge in [-0.05, 0) is 40.9 Å². The number of halogens is 1. The highest BCUT2D eigenvalue weighted by Crippen LogP contribution is 2.33. The Morgan fingerprint density at radius 3 is 2.76 bits per heavy atom. The molecule has 1 unspecified atom stereocenters. The number of hydrogen-bond donors (Lipinski definition) is 0. The molecule has 0 saturated carbocycles. The van der Waals surface area contributed by atoms with Crippen LogP contribution in [0.5, 0.6) is 0 Å². The quantitative estimate of drug-likeness (QED) is 0.848. The molecule has 96 valence electrons. The van der Waals surface area contributed by atoms with Crippen LogP contribution in [0.4, 0.5) is 0 Å². The molecule has 0 N–H and O–H groups in total. The maximum absolute atomic E-state index is 12.3. The summed E-state index contributed by atoms with van der Waals surface area (Å²) in [6.07, 6.45) is 0.765. The molecule has 1 aliphatic rings. The number of likely N-dealkylation sites (N-methyl/N-ethyl adjacent to an activating group) is 1. The summed E-state index contributed by atoms with van der Waals surface area (Å²) in [7, 11) is -1.76. The highest BCUT2D eigenvalue weighted by molar-refractivity contribution is 9.11. The summed E-state index contributed by atoms with van der Waals surface area (Å²) in [5, 5.41) is 0. The van der Waals surface area contributed by atoms with Gasteiger partial charge in [-0.2, -0.15) is 4.31 Å². The van der Waals surface area contributed by atoms with Crippen molar-refractivity contribution in [1.82, 2.24) is 4.31 Å². The third kappa shape index (κ3) is 2.58. The maximum atomic E-state index is 12.3. The molecule has 2 heterocycles. The fourth-order valence-electron chi connectivity index (χ4n) is 1.71. The van der Waals surface area contributed by atoms with Gasteiger partial charge in [0.2, 0.25) is 0 Å². The van der Waals surface area contributed by atoms with Crippen LogP contribution in [0.2, 0.25) is 0 Å². The molecule has 1 saturated heterocycles. The average molecular weight is 340 g/mol. The lowest BCUT2D eigenvalue weighted by atomic mass is 10.3. The van der Waals surface area contributed by atoms with Crippen LogP contribution >= 0.6 is 27.3 Å². The summed E-state index contributed by atoms with van der Waals surface area (Å²) in [5.41, 5.74) is 0.949. The van der Waals surface area contributed by atoms with Gasteiger partial charge in [-0.1, -0.05) is 0 Å². The van der Waals surface area contributed by atoms with Gasteiger partial charge in [0.25, 0.3) is 10.0 Å². The highest BCUT2D eigenvalue weighted by Gasteiger charge is 2.31. The molecule has 0 bridgehead atoms. The second-order valence-electron chi connectivity index (χ2n) is 4.06. The molecule has 1 fully saturated rings. The minimum atomic E-state index is -3.38. The molecule has 1 aliphatic heterocycles. The van der Waals surface area contributed by atoms with Crippen LogP contribution in [0.25, 0.3) is 0 Å². The van der Waals surface area contributed by atoms with Gasteiger partial charge in [0.05, 0.1) is 16.4 Å². The first-order valence-corrected chi connectivity index (χ1v) is 8.29. The van der Waals surface area contributed by atoms with Crippen LogP contribution in [0.1, 0.15) is 12.0 Å². The topological polar surface area (TPSA) is 46.6 Å².